The summed E-state index contributed by atoms with van der Waals surface area (Å²) in [4.78, 5) is 27.5. The first-order valence-electron chi connectivity index (χ1n) is 10.9. The molecule has 0 saturated carbocycles. The average Bonchev–Trinajstić information content (AvgIpc) is 3.19. The predicted octanol–water partition coefficient (Wildman–Crippen LogP) is 5.46. The van der Waals surface area contributed by atoms with Crippen LogP contribution in [-0.4, -0.2) is 29.7 Å². The zero-order valence-electron chi connectivity index (χ0n) is 18.6. The summed E-state index contributed by atoms with van der Waals surface area (Å²) in [6.07, 6.45) is 0. The van der Waals surface area contributed by atoms with E-state index in [0.29, 0.717) is 16.9 Å². The van der Waals surface area contributed by atoms with Crippen molar-refractivity contribution in [3.05, 3.63) is 107 Å². The van der Waals surface area contributed by atoms with Crippen LogP contribution in [0.5, 0.6) is 0 Å². The van der Waals surface area contributed by atoms with Crippen molar-refractivity contribution >= 4 is 22.9 Å². The van der Waals surface area contributed by atoms with Crippen molar-refractivity contribution in [2.24, 2.45) is 0 Å². The molecule has 0 radical (unpaired) electrons. The Labute approximate surface area is 188 Å². The molecule has 1 N–H and O–H groups in total. The van der Waals surface area contributed by atoms with Crippen LogP contribution in [0.3, 0.4) is 0 Å². The summed E-state index contributed by atoms with van der Waals surface area (Å²) < 4.78 is 0. The van der Waals surface area contributed by atoms with Crippen molar-refractivity contribution in [2.75, 3.05) is 23.4 Å². The lowest BCUT2D eigenvalue weighted by Gasteiger charge is -2.33. The summed E-state index contributed by atoms with van der Waals surface area (Å²) in [5, 5.41) is 7.49. The SMILES string of the molecule is CCN(CC)N1C(=C(C(=O)c2ccccc2)C(=O)c2ccccc2)Nc2cc(C)ccc21. The summed E-state index contributed by atoms with van der Waals surface area (Å²) in [5.41, 5.74) is 3.99. The molecule has 4 rings (SSSR count). The van der Waals surface area contributed by atoms with Crippen LogP contribution < -0.4 is 10.3 Å². The van der Waals surface area contributed by atoms with Gasteiger partial charge < -0.3 is 5.32 Å². The third-order valence-corrected chi connectivity index (χ3v) is 5.62. The number of hydrazine groups is 1. The van der Waals surface area contributed by atoms with E-state index >= 15 is 0 Å². The van der Waals surface area contributed by atoms with Gasteiger partial charge in [-0.1, -0.05) is 80.6 Å². The molecule has 1 heterocycles. The maximum Gasteiger partial charge on any atom is 0.200 e. The quantitative estimate of drug-likeness (QED) is 0.236. The number of aryl methyl sites for hydroxylation is 1. The summed E-state index contributed by atoms with van der Waals surface area (Å²) in [7, 11) is 0. The van der Waals surface area contributed by atoms with Gasteiger partial charge in [0.25, 0.3) is 0 Å². The molecule has 0 aromatic heterocycles. The molecular formula is C27H27N3O2. The van der Waals surface area contributed by atoms with E-state index < -0.39 is 0 Å². The molecule has 0 unspecified atom stereocenters. The van der Waals surface area contributed by atoms with Gasteiger partial charge in [0.05, 0.1) is 11.4 Å². The molecule has 0 saturated heterocycles. The fourth-order valence-corrected chi connectivity index (χ4v) is 3.99. The molecule has 1 aliphatic heterocycles. The Morgan fingerprint density at radius 1 is 0.812 bits per heavy atom. The van der Waals surface area contributed by atoms with Gasteiger partial charge in [-0.25, -0.2) is 5.01 Å². The molecule has 0 aliphatic carbocycles. The second-order valence-electron chi connectivity index (χ2n) is 7.71. The highest BCUT2D eigenvalue weighted by Gasteiger charge is 2.35. The van der Waals surface area contributed by atoms with Crippen LogP contribution >= 0.6 is 0 Å². The second-order valence-corrected chi connectivity index (χ2v) is 7.71. The van der Waals surface area contributed by atoms with Gasteiger partial charge >= 0.3 is 0 Å². The Morgan fingerprint density at radius 3 is 1.84 bits per heavy atom. The topological polar surface area (TPSA) is 52.7 Å². The lowest BCUT2D eigenvalue weighted by atomic mass is 9.95. The van der Waals surface area contributed by atoms with Crippen molar-refractivity contribution in [2.45, 2.75) is 20.8 Å². The number of carbonyl (C=O) groups excluding carboxylic acids is 2. The van der Waals surface area contributed by atoms with E-state index in [2.05, 4.69) is 24.2 Å². The number of allylic oxidation sites excluding steroid dienone is 1. The van der Waals surface area contributed by atoms with E-state index in [0.717, 1.165) is 30.0 Å². The number of hydrogen-bond donors (Lipinski definition) is 1. The van der Waals surface area contributed by atoms with E-state index in [4.69, 9.17) is 0 Å². The van der Waals surface area contributed by atoms with Gasteiger partial charge in [-0.05, 0) is 24.6 Å². The van der Waals surface area contributed by atoms with Crippen molar-refractivity contribution < 1.29 is 9.59 Å². The standard InChI is InChI=1S/C27H27N3O2/c1-4-29(5-2)30-23-17-16-19(3)18-22(23)28-27(30)24(25(31)20-12-8-6-9-13-20)26(32)21-14-10-7-11-15-21/h6-18,28H,4-5H2,1-3H3. The highest BCUT2D eigenvalue weighted by atomic mass is 16.1. The molecule has 5 nitrogen and oxygen atoms in total. The minimum Gasteiger partial charge on any atom is -0.338 e. The number of benzene rings is 3. The fraction of sp³-hybridized carbons (Fsp3) is 0.185. The monoisotopic (exact) mass is 425 g/mol. The van der Waals surface area contributed by atoms with Gasteiger partial charge in [0.2, 0.25) is 11.6 Å². The number of nitrogens with one attached hydrogen (secondary N) is 1. The average molecular weight is 426 g/mol. The van der Waals surface area contributed by atoms with Gasteiger partial charge in [-0.3, -0.25) is 14.6 Å². The van der Waals surface area contributed by atoms with Crippen LogP contribution in [-0.2, 0) is 0 Å². The number of ketones is 2. The summed E-state index contributed by atoms with van der Waals surface area (Å²) in [6.45, 7) is 7.59. The van der Waals surface area contributed by atoms with E-state index in [1.54, 1.807) is 24.3 Å². The molecule has 0 fully saturated rings. The van der Waals surface area contributed by atoms with Crippen molar-refractivity contribution in [3.63, 3.8) is 0 Å². The maximum absolute atomic E-state index is 13.7. The normalized spacial score (nSPS) is 12.5. The van der Waals surface area contributed by atoms with E-state index in [1.165, 1.54) is 0 Å². The van der Waals surface area contributed by atoms with Crippen LogP contribution in [0.2, 0.25) is 0 Å². The van der Waals surface area contributed by atoms with E-state index in [1.807, 2.05) is 66.5 Å². The molecular weight excluding hydrogens is 398 g/mol. The number of Topliss-reactive ketones (excluding diaryl/α,β-unsaturated/α-hetero) is 2. The van der Waals surface area contributed by atoms with Crippen LogP contribution in [0.25, 0.3) is 0 Å². The molecule has 0 bridgehead atoms. The number of rotatable bonds is 7. The predicted molar refractivity (Wildman–Crippen MR) is 129 cm³/mol. The minimum absolute atomic E-state index is 0.128. The first-order valence-corrected chi connectivity index (χ1v) is 10.9. The van der Waals surface area contributed by atoms with Crippen LogP contribution in [0, 0.1) is 6.92 Å². The zero-order valence-corrected chi connectivity index (χ0v) is 18.6. The van der Waals surface area contributed by atoms with Gasteiger partial charge in [0.1, 0.15) is 11.4 Å². The van der Waals surface area contributed by atoms with E-state index in [9.17, 15) is 9.59 Å². The fourth-order valence-electron chi connectivity index (χ4n) is 3.99. The lowest BCUT2D eigenvalue weighted by molar-refractivity contribution is 0.0959. The smallest absolute Gasteiger partial charge is 0.200 e. The number of fused-ring (bicyclic) bond motifs is 1. The third-order valence-electron chi connectivity index (χ3n) is 5.62. The zero-order chi connectivity index (χ0) is 22.7. The van der Waals surface area contributed by atoms with Crippen molar-refractivity contribution in [1.29, 1.82) is 0 Å². The summed E-state index contributed by atoms with van der Waals surface area (Å²) in [6, 6.07) is 24.0. The first-order chi connectivity index (χ1) is 15.5. The molecule has 162 valence electrons. The number of nitrogens with zero attached hydrogens (tertiary/aromatic N) is 2. The van der Waals surface area contributed by atoms with Crippen LogP contribution in [0.15, 0.2) is 90.3 Å². The first kappa shape index (κ1) is 21.5. The van der Waals surface area contributed by atoms with Gasteiger partial charge in [-0.2, -0.15) is 0 Å². The molecule has 5 heteroatoms. The number of anilines is 2. The largest absolute Gasteiger partial charge is 0.338 e. The summed E-state index contributed by atoms with van der Waals surface area (Å²) >= 11 is 0. The molecule has 1 aliphatic rings. The Balaban J connectivity index is 1.96. The highest BCUT2D eigenvalue weighted by Crippen LogP contribution is 2.40. The third kappa shape index (κ3) is 3.95. The van der Waals surface area contributed by atoms with Gasteiger partial charge in [-0.15, -0.1) is 0 Å². The molecule has 3 aromatic rings. The Hall–Kier alpha value is -3.70. The molecule has 0 atom stereocenters. The molecule has 0 amide bonds. The van der Waals surface area contributed by atoms with Crippen molar-refractivity contribution in [3.8, 4) is 0 Å². The summed E-state index contributed by atoms with van der Waals surface area (Å²) in [5.74, 6) is -0.107. The van der Waals surface area contributed by atoms with Crippen LogP contribution in [0.1, 0.15) is 40.1 Å². The molecule has 0 spiro atoms. The van der Waals surface area contributed by atoms with E-state index in [-0.39, 0.29) is 17.1 Å². The van der Waals surface area contributed by atoms with Crippen molar-refractivity contribution in [1.82, 2.24) is 5.01 Å². The highest BCUT2D eigenvalue weighted by molar-refractivity contribution is 6.32. The molecule has 32 heavy (non-hydrogen) atoms. The molecule has 3 aromatic carbocycles. The minimum atomic E-state index is -0.302. The number of carbonyl (C=O) groups is 2. The van der Waals surface area contributed by atoms with Gasteiger partial charge in [0, 0.05) is 24.2 Å². The lowest BCUT2D eigenvalue weighted by Crippen LogP contribution is -2.42. The van der Waals surface area contributed by atoms with Gasteiger partial charge in [0.15, 0.2) is 0 Å². The Bertz CT molecular complexity index is 1110. The maximum atomic E-state index is 13.7. The Morgan fingerprint density at radius 2 is 1.34 bits per heavy atom. The Kier molecular flexibility index (Phi) is 6.19. The number of hydrogen-bond acceptors (Lipinski definition) is 5. The second kappa shape index (κ2) is 9.20. The van der Waals surface area contributed by atoms with Crippen LogP contribution in [0.4, 0.5) is 11.4 Å².